The molecule has 0 bridgehead atoms. The van der Waals surface area contributed by atoms with E-state index in [1.165, 1.54) is 14.2 Å². The Bertz CT molecular complexity index is 395. The molecule has 17 heavy (non-hydrogen) atoms. The van der Waals surface area contributed by atoms with Crippen molar-refractivity contribution >= 4 is 5.97 Å². The Morgan fingerprint density at radius 3 is 2.76 bits per heavy atom. The Morgan fingerprint density at radius 1 is 1.53 bits per heavy atom. The minimum Gasteiger partial charge on any atom is -0.493 e. The van der Waals surface area contributed by atoms with Gasteiger partial charge in [-0.25, -0.2) is 0 Å². The third kappa shape index (κ3) is 3.32. The molecule has 94 valence electrons. The number of nitrogens with zero attached hydrogens (tertiary/aromatic N) is 1. The van der Waals surface area contributed by atoms with E-state index in [1.54, 1.807) is 19.2 Å². The van der Waals surface area contributed by atoms with Crippen molar-refractivity contribution < 1.29 is 19.4 Å². The number of aromatic nitrogens is 1. The van der Waals surface area contributed by atoms with Crippen LogP contribution in [0.1, 0.15) is 12.6 Å². The van der Waals surface area contributed by atoms with Gasteiger partial charge in [0.1, 0.15) is 6.04 Å². The van der Waals surface area contributed by atoms with Gasteiger partial charge in [-0.1, -0.05) is 0 Å². The number of rotatable bonds is 6. The summed E-state index contributed by atoms with van der Waals surface area (Å²) in [5.41, 5.74) is 0.611. The van der Waals surface area contributed by atoms with Gasteiger partial charge in [0.05, 0.1) is 19.9 Å². The van der Waals surface area contributed by atoms with Gasteiger partial charge >= 0.3 is 5.97 Å². The topological polar surface area (TPSA) is 80.7 Å². The lowest BCUT2D eigenvalue weighted by molar-refractivity contribution is -0.139. The number of carboxylic acids is 1. The van der Waals surface area contributed by atoms with E-state index in [0.717, 1.165) is 0 Å². The highest BCUT2D eigenvalue weighted by Crippen LogP contribution is 2.28. The Hall–Kier alpha value is -1.82. The number of ether oxygens (including phenoxy) is 2. The van der Waals surface area contributed by atoms with Crippen LogP contribution in [-0.4, -0.2) is 36.3 Å². The van der Waals surface area contributed by atoms with E-state index >= 15 is 0 Å². The summed E-state index contributed by atoms with van der Waals surface area (Å²) in [4.78, 5) is 14.8. The third-order valence-corrected chi connectivity index (χ3v) is 2.31. The molecule has 6 heteroatoms. The minimum absolute atomic E-state index is 0.299. The molecule has 6 nitrogen and oxygen atoms in total. The van der Waals surface area contributed by atoms with Gasteiger partial charge in [0.2, 0.25) is 0 Å². The quantitative estimate of drug-likeness (QED) is 0.760. The molecule has 1 aromatic heterocycles. The number of methoxy groups -OCH3 is 2. The van der Waals surface area contributed by atoms with E-state index in [0.29, 0.717) is 23.7 Å². The van der Waals surface area contributed by atoms with Crippen molar-refractivity contribution in [3.8, 4) is 11.5 Å². The van der Waals surface area contributed by atoms with Crippen molar-refractivity contribution in [3.05, 3.63) is 18.0 Å². The predicted molar refractivity (Wildman–Crippen MR) is 61.3 cm³/mol. The fourth-order valence-electron chi connectivity index (χ4n) is 1.31. The molecule has 1 atom stereocenters. The van der Waals surface area contributed by atoms with Crippen LogP contribution in [0.15, 0.2) is 12.3 Å². The Labute approximate surface area is 99.6 Å². The van der Waals surface area contributed by atoms with Crippen molar-refractivity contribution in [1.29, 1.82) is 0 Å². The molecule has 1 heterocycles. The third-order valence-electron chi connectivity index (χ3n) is 2.31. The van der Waals surface area contributed by atoms with Crippen LogP contribution in [0.25, 0.3) is 0 Å². The zero-order chi connectivity index (χ0) is 12.8. The van der Waals surface area contributed by atoms with Gasteiger partial charge in [0.25, 0.3) is 0 Å². The molecule has 0 aliphatic heterocycles. The normalized spacial score (nSPS) is 11.9. The number of nitrogens with one attached hydrogen (secondary N) is 1. The molecule has 0 spiro atoms. The number of pyridine rings is 1. The van der Waals surface area contributed by atoms with Crippen LogP contribution in [0.4, 0.5) is 0 Å². The smallest absolute Gasteiger partial charge is 0.320 e. The molecule has 0 aliphatic carbocycles. The Morgan fingerprint density at radius 2 is 2.24 bits per heavy atom. The zero-order valence-corrected chi connectivity index (χ0v) is 10.1. The van der Waals surface area contributed by atoms with Crippen molar-refractivity contribution in [2.24, 2.45) is 0 Å². The summed E-state index contributed by atoms with van der Waals surface area (Å²) >= 11 is 0. The highest BCUT2D eigenvalue weighted by atomic mass is 16.5. The number of hydrogen-bond acceptors (Lipinski definition) is 5. The van der Waals surface area contributed by atoms with Crippen LogP contribution < -0.4 is 14.8 Å². The fourth-order valence-corrected chi connectivity index (χ4v) is 1.31. The molecule has 0 radical (unpaired) electrons. The van der Waals surface area contributed by atoms with Crippen molar-refractivity contribution in [2.75, 3.05) is 14.2 Å². The molecule has 0 amide bonds. The first-order valence-corrected chi connectivity index (χ1v) is 5.12. The van der Waals surface area contributed by atoms with Gasteiger partial charge in [-0.05, 0) is 6.92 Å². The lowest BCUT2D eigenvalue weighted by Gasteiger charge is -2.13. The summed E-state index contributed by atoms with van der Waals surface area (Å²) in [5.74, 6) is 0.175. The second-order valence-corrected chi connectivity index (χ2v) is 3.43. The first-order valence-electron chi connectivity index (χ1n) is 5.12. The molecule has 0 fully saturated rings. The number of aliphatic carboxylic acids is 1. The molecule has 0 aromatic carbocycles. The van der Waals surface area contributed by atoms with E-state index < -0.39 is 12.0 Å². The van der Waals surface area contributed by atoms with E-state index in [2.05, 4.69) is 10.3 Å². The lowest BCUT2D eigenvalue weighted by Crippen LogP contribution is -2.33. The summed E-state index contributed by atoms with van der Waals surface area (Å²) in [6.45, 7) is 1.86. The summed E-state index contributed by atoms with van der Waals surface area (Å²) < 4.78 is 10.3. The highest BCUT2D eigenvalue weighted by Gasteiger charge is 2.14. The summed E-state index contributed by atoms with van der Waals surface area (Å²) in [7, 11) is 3.05. The van der Waals surface area contributed by atoms with Crippen LogP contribution >= 0.6 is 0 Å². The Balaban J connectivity index is 2.80. The SMILES string of the molecule is COc1ccnc(CN[C@H](C)C(=O)O)c1OC. The zero-order valence-electron chi connectivity index (χ0n) is 10.1. The van der Waals surface area contributed by atoms with E-state index in [1.807, 2.05) is 0 Å². The van der Waals surface area contributed by atoms with Gasteiger partial charge < -0.3 is 14.6 Å². The van der Waals surface area contributed by atoms with Crippen LogP contribution in [0.5, 0.6) is 11.5 Å². The maximum absolute atomic E-state index is 10.7. The van der Waals surface area contributed by atoms with Crippen molar-refractivity contribution in [3.63, 3.8) is 0 Å². The first-order chi connectivity index (χ1) is 8.10. The van der Waals surface area contributed by atoms with Gasteiger partial charge in [-0.3, -0.25) is 15.1 Å². The maximum Gasteiger partial charge on any atom is 0.320 e. The average molecular weight is 240 g/mol. The first kappa shape index (κ1) is 13.2. The molecule has 2 N–H and O–H groups in total. The van der Waals surface area contributed by atoms with Gasteiger partial charge in [0.15, 0.2) is 11.5 Å². The molecule has 1 aromatic rings. The minimum atomic E-state index is -0.910. The average Bonchev–Trinajstić information content (AvgIpc) is 2.34. The van der Waals surface area contributed by atoms with Crippen molar-refractivity contribution in [1.82, 2.24) is 10.3 Å². The maximum atomic E-state index is 10.7. The largest absolute Gasteiger partial charge is 0.493 e. The molecule has 0 saturated carbocycles. The lowest BCUT2D eigenvalue weighted by atomic mass is 10.2. The summed E-state index contributed by atoms with van der Waals surface area (Å²) in [6, 6.07) is 1.04. The van der Waals surface area contributed by atoms with E-state index in [4.69, 9.17) is 14.6 Å². The fraction of sp³-hybridized carbons (Fsp3) is 0.455. The van der Waals surface area contributed by atoms with Gasteiger partial charge in [-0.15, -0.1) is 0 Å². The number of carbonyl (C=O) groups is 1. The number of carboxylic acid groups (broad SMARTS) is 1. The Kier molecular flexibility index (Phi) is 4.71. The predicted octanol–water partition coefficient (Wildman–Crippen LogP) is 0.662. The van der Waals surface area contributed by atoms with Gasteiger partial charge in [0, 0.05) is 18.8 Å². The van der Waals surface area contributed by atoms with E-state index in [9.17, 15) is 4.79 Å². The number of hydrogen-bond donors (Lipinski definition) is 2. The summed E-state index contributed by atoms with van der Waals surface area (Å²) in [6.07, 6.45) is 1.59. The second-order valence-electron chi connectivity index (χ2n) is 3.43. The van der Waals surface area contributed by atoms with Crippen molar-refractivity contribution in [2.45, 2.75) is 19.5 Å². The molecule has 0 saturated heterocycles. The monoisotopic (exact) mass is 240 g/mol. The van der Waals surface area contributed by atoms with Crippen LogP contribution in [0, 0.1) is 0 Å². The van der Waals surface area contributed by atoms with Gasteiger partial charge in [-0.2, -0.15) is 0 Å². The molecule has 0 aliphatic rings. The van der Waals surface area contributed by atoms with Crippen LogP contribution in [0.2, 0.25) is 0 Å². The molecule has 1 rings (SSSR count). The molecular weight excluding hydrogens is 224 g/mol. The summed E-state index contributed by atoms with van der Waals surface area (Å²) in [5, 5.41) is 11.6. The molecule has 0 unspecified atom stereocenters. The highest BCUT2D eigenvalue weighted by molar-refractivity contribution is 5.72. The second kappa shape index (κ2) is 6.05. The van der Waals surface area contributed by atoms with Crippen LogP contribution in [-0.2, 0) is 11.3 Å². The van der Waals surface area contributed by atoms with Crippen LogP contribution in [0.3, 0.4) is 0 Å². The molecular formula is C11H16N2O4. The standard InChI is InChI=1S/C11H16N2O4/c1-7(11(14)15)13-6-8-10(17-3)9(16-2)4-5-12-8/h4-5,7,13H,6H2,1-3H3,(H,14,15)/t7-/m1/s1. The van der Waals surface area contributed by atoms with E-state index in [-0.39, 0.29) is 0 Å².